The minimum Gasteiger partial charge on any atom is -0.322 e. The smallest absolute Gasteiger partial charge is 0.0985 e. The Hall–Kier alpha value is -1.13. The van der Waals surface area contributed by atoms with Crippen molar-refractivity contribution in [1.82, 2.24) is 0 Å². The molecule has 2 rings (SSSR count). The molecule has 0 spiro atoms. The monoisotopic (exact) mass is 277 g/mol. The molecule has 1 aromatic carbocycles. The summed E-state index contributed by atoms with van der Waals surface area (Å²) < 4.78 is 0. The molecule has 1 aliphatic heterocycles. The van der Waals surface area contributed by atoms with Gasteiger partial charge in [0.25, 0.3) is 0 Å². The largest absolute Gasteiger partial charge is 0.322 e. The highest BCUT2D eigenvalue weighted by Gasteiger charge is 2.25. The summed E-state index contributed by atoms with van der Waals surface area (Å²) in [6.07, 6.45) is 1.08. The predicted molar refractivity (Wildman–Crippen MR) is 87.2 cm³/mol. The molecule has 0 bridgehead atoms. The molecule has 1 aliphatic rings. The van der Waals surface area contributed by atoms with Gasteiger partial charge < -0.3 is 5.73 Å². The standard InChI is InChI=1S/C15H23N3S/c1-4-12(3)14(16)15-18-17-10-19(15)9-13-7-5-11(2)6-8-13/h5-8,10,12,14,19H,4,9,16H2,1-3H3/t12-,14-/m0/s1. The summed E-state index contributed by atoms with van der Waals surface area (Å²) in [5.74, 6) is 1.46. The fraction of sp³-hybridized carbons (Fsp3) is 0.467. The molecule has 1 aromatic rings. The second-order valence-corrected chi connectivity index (χ2v) is 7.16. The summed E-state index contributed by atoms with van der Waals surface area (Å²) in [7, 11) is -0.439. The van der Waals surface area contributed by atoms with Crippen molar-refractivity contribution in [1.29, 1.82) is 0 Å². The van der Waals surface area contributed by atoms with E-state index in [0.29, 0.717) is 5.92 Å². The summed E-state index contributed by atoms with van der Waals surface area (Å²) >= 11 is 0. The van der Waals surface area contributed by atoms with Gasteiger partial charge in [-0.3, -0.25) is 0 Å². The number of hydrogen-bond acceptors (Lipinski definition) is 3. The number of nitrogens with two attached hydrogens (primary N) is 1. The van der Waals surface area contributed by atoms with Crippen LogP contribution >= 0.6 is 10.9 Å². The Kier molecular flexibility index (Phi) is 4.77. The molecule has 0 saturated carbocycles. The zero-order valence-electron chi connectivity index (χ0n) is 11.9. The molecule has 0 aliphatic carbocycles. The molecule has 104 valence electrons. The molecular weight excluding hydrogens is 254 g/mol. The average Bonchev–Trinajstić information content (AvgIpc) is 2.87. The Morgan fingerprint density at radius 1 is 1.26 bits per heavy atom. The van der Waals surface area contributed by atoms with E-state index in [0.717, 1.165) is 17.2 Å². The molecule has 0 amide bonds. The number of rotatable bonds is 5. The van der Waals surface area contributed by atoms with Crippen LogP contribution in [0.5, 0.6) is 0 Å². The van der Waals surface area contributed by atoms with E-state index in [1.165, 1.54) is 11.1 Å². The third kappa shape index (κ3) is 3.45. The van der Waals surface area contributed by atoms with E-state index in [9.17, 15) is 0 Å². The summed E-state index contributed by atoms with van der Waals surface area (Å²) in [4.78, 5) is 0. The number of aryl methyl sites for hydroxylation is 1. The van der Waals surface area contributed by atoms with Crippen molar-refractivity contribution in [3.63, 3.8) is 0 Å². The van der Waals surface area contributed by atoms with Crippen molar-refractivity contribution in [2.24, 2.45) is 21.9 Å². The van der Waals surface area contributed by atoms with Crippen LogP contribution in [0.4, 0.5) is 0 Å². The maximum absolute atomic E-state index is 6.31. The molecule has 4 heteroatoms. The Bertz CT molecular complexity index is 479. The van der Waals surface area contributed by atoms with Crippen LogP contribution in [-0.4, -0.2) is 16.6 Å². The lowest BCUT2D eigenvalue weighted by molar-refractivity contribution is 0.525. The summed E-state index contributed by atoms with van der Waals surface area (Å²) in [5, 5.41) is 9.50. The van der Waals surface area contributed by atoms with Crippen molar-refractivity contribution in [3.8, 4) is 0 Å². The van der Waals surface area contributed by atoms with E-state index in [4.69, 9.17) is 5.73 Å². The van der Waals surface area contributed by atoms with Crippen molar-refractivity contribution < 1.29 is 0 Å². The third-order valence-electron chi connectivity index (χ3n) is 3.67. The molecule has 0 fully saturated rings. The normalized spacial score (nSPS) is 23.2. The summed E-state index contributed by atoms with van der Waals surface area (Å²) in [5.41, 5.74) is 10.9. The van der Waals surface area contributed by atoms with Crippen molar-refractivity contribution >= 4 is 21.5 Å². The maximum Gasteiger partial charge on any atom is 0.0985 e. The van der Waals surface area contributed by atoms with Crippen LogP contribution in [0.3, 0.4) is 0 Å². The van der Waals surface area contributed by atoms with Crippen LogP contribution in [0, 0.1) is 12.8 Å². The van der Waals surface area contributed by atoms with Gasteiger partial charge in [0.2, 0.25) is 0 Å². The third-order valence-corrected chi connectivity index (χ3v) is 5.74. The van der Waals surface area contributed by atoms with Gasteiger partial charge in [-0.05, 0) is 18.4 Å². The lowest BCUT2D eigenvalue weighted by Crippen LogP contribution is -2.36. The van der Waals surface area contributed by atoms with Gasteiger partial charge >= 0.3 is 0 Å². The molecule has 19 heavy (non-hydrogen) atoms. The molecule has 0 saturated heterocycles. The van der Waals surface area contributed by atoms with Crippen LogP contribution in [0.25, 0.3) is 0 Å². The van der Waals surface area contributed by atoms with E-state index in [-0.39, 0.29) is 6.04 Å². The second kappa shape index (κ2) is 6.35. The second-order valence-electron chi connectivity index (χ2n) is 5.21. The predicted octanol–water partition coefficient (Wildman–Crippen LogP) is 3.23. The summed E-state index contributed by atoms with van der Waals surface area (Å²) in [6, 6.07) is 8.74. The number of thiol groups is 1. The van der Waals surface area contributed by atoms with Crippen LogP contribution in [0.15, 0.2) is 34.5 Å². The van der Waals surface area contributed by atoms with Gasteiger partial charge in [-0.1, -0.05) is 50.1 Å². The van der Waals surface area contributed by atoms with E-state index in [1.54, 1.807) is 0 Å². The van der Waals surface area contributed by atoms with Crippen LogP contribution in [0.1, 0.15) is 31.4 Å². The topological polar surface area (TPSA) is 50.7 Å². The van der Waals surface area contributed by atoms with Crippen molar-refractivity contribution in [2.75, 3.05) is 0 Å². The Morgan fingerprint density at radius 3 is 2.58 bits per heavy atom. The zero-order valence-corrected chi connectivity index (χ0v) is 12.8. The molecule has 1 unspecified atom stereocenters. The number of nitrogens with zero attached hydrogens (tertiary/aromatic N) is 2. The highest BCUT2D eigenvalue weighted by atomic mass is 32.2. The van der Waals surface area contributed by atoms with E-state index in [1.807, 2.05) is 5.55 Å². The van der Waals surface area contributed by atoms with Crippen LogP contribution in [-0.2, 0) is 5.75 Å². The molecule has 0 aromatic heterocycles. The minimum atomic E-state index is -0.439. The van der Waals surface area contributed by atoms with Gasteiger partial charge in [0.15, 0.2) is 0 Å². The molecular formula is C15H23N3S. The first kappa shape index (κ1) is 14.3. The molecule has 0 radical (unpaired) electrons. The van der Waals surface area contributed by atoms with E-state index >= 15 is 0 Å². The molecule has 3 atom stereocenters. The summed E-state index contributed by atoms with van der Waals surface area (Å²) in [6.45, 7) is 6.46. The van der Waals surface area contributed by atoms with Gasteiger partial charge in [-0.15, -0.1) is 5.10 Å². The molecule has 2 N–H and O–H groups in total. The van der Waals surface area contributed by atoms with Crippen molar-refractivity contribution in [3.05, 3.63) is 35.4 Å². The first-order valence-corrected chi connectivity index (χ1v) is 8.40. The minimum absolute atomic E-state index is 0.0454. The first-order valence-electron chi connectivity index (χ1n) is 6.80. The first-order chi connectivity index (χ1) is 9.11. The molecule has 1 heterocycles. The average molecular weight is 277 g/mol. The number of benzene rings is 1. The van der Waals surface area contributed by atoms with Gasteiger partial charge in [-0.2, -0.15) is 16.0 Å². The van der Waals surface area contributed by atoms with Crippen LogP contribution < -0.4 is 5.73 Å². The lowest BCUT2D eigenvalue weighted by Gasteiger charge is -2.24. The van der Waals surface area contributed by atoms with Crippen molar-refractivity contribution in [2.45, 2.75) is 39.0 Å². The fourth-order valence-electron chi connectivity index (χ4n) is 2.04. The van der Waals surface area contributed by atoms with Crippen LogP contribution in [0.2, 0.25) is 0 Å². The Labute approximate surface area is 118 Å². The van der Waals surface area contributed by atoms with Gasteiger partial charge in [-0.25, -0.2) is 0 Å². The van der Waals surface area contributed by atoms with E-state index < -0.39 is 10.9 Å². The quantitative estimate of drug-likeness (QED) is 0.798. The van der Waals surface area contributed by atoms with E-state index in [2.05, 4.69) is 55.2 Å². The van der Waals surface area contributed by atoms with Gasteiger partial charge in [0.1, 0.15) is 0 Å². The zero-order chi connectivity index (χ0) is 13.8. The lowest BCUT2D eigenvalue weighted by atomic mass is 10.0. The Morgan fingerprint density at radius 2 is 1.95 bits per heavy atom. The van der Waals surface area contributed by atoms with Gasteiger partial charge in [0, 0.05) is 5.75 Å². The number of hydrogen-bond donors (Lipinski definition) is 2. The Balaban J connectivity index is 2.06. The highest BCUT2D eigenvalue weighted by molar-refractivity contribution is 8.39. The fourth-order valence-corrected chi connectivity index (χ4v) is 3.99. The molecule has 3 nitrogen and oxygen atoms in total. The highest BCUT2D eigenvalue weighted by Crippen LogP contribution is 2.35. The SMILES string of the molecule is CC[C@H](C)[C@H](N)C1=NN=C[SH]1Cc1ccc(C)cc1. The van der Waals surface area contributed by atoms with Gasteiger partial charge in [0.05, 0.1) is 16.6 Å². The maximum atomic E-state index is 6.31.